The fourth-order valence-electron chi connectivity index (χ4n) is 2.35. The zero-order chi connectivity index (χ0) is 15.1. The maximum atomic E-state index is 12.1. The molecule has 8 heteroatoms. The summed E-state index contributed by atoms with van der Waals surface area (Å²) in [6.07, 6.45) is 1.87. The zero-order valence-electron chi connectivity index (χ0n) is 12.6. The first-order valence-corrected chi connectivity index (χ1v) is 6.94. The first kappa shape index (κ1) is 19.7. The van der Waals surface area contributed by atoms with Crippen LogP contribution in [0.1, 0.15) is 26.7 Å². The van der Waals surface area contributed by atoms with E-state index in [2.05, 4.69) is 17.6 Å². The Morgan fingerprint density at radius 3 is 2.48 bits per heavy atom. The Kier molecular flexibility index (Phi) is 8.96. The van der Waals surface area contributed by atoms with Crippen molar-refractivity contribution in [2.45, 2.75) is 32.7 Å². The van der Waals surface area contributed by atoms with Crippen LogP contribution in [0.4, 0.5) is 0 Å². The van der Waals surface area contributed by atoms with Gasteiger partial charge < -0.3 is 21.3 Å². The van der Waals surface area contributed by atoms with Crippen molar-refractivity contribution in [3.63, 3.8) is 0 Å². The van der Waals surface area contributed by atoms with E-state index in [1.807, 2.05) is 0 Å². The van der Waals surface area contributed by atoms with Gasteiger partial charge in [-0.2, -0.15) is 0 Å². The van der Waals surface area contributed by atoms with E-state index in [-0.39, 0.29) is 49.3 Å². The molecule has 2 atom stereocenters. The van der Waals surface area contributed by atoms with E-state index in [0.717, 1.165) is 12.8 Å². The molecule has 1 aliphatic rings. The summed E-state index contributed by atoms with van der Waals surface area (Å²) < 4.78 is 0. The molecule has 21 heavy (non-hydrogen) atoms. The van der Waals surface area contributed by atoms with Crippen LogP contribution >= 0.6 is 12.4 Å². The van der Waals surface area contributed by atoms with E-state index in [1.165, 1.54) is 6.92 Å². The molecule has 3 amide bonds. The molecule has 2 unspecified atom stereocenters. The maximum Gasteiger partial charge on any atom is 0.242 e. The van der Waals surface area contributed by atoms with E-state index in [4.69, 9.17) is 5.73 Å². The summed E-state index contributed by atoms with van der Waals surface area (Å²) in [5, 5.41) is 4.88. The molecule has 7 nitrogen and oxygen atoms in total. The monoisotopic (exact) mass is 320 g/mol. The molecule has 0 aromatic rings. The highest BCUT2D eigenvalue weighted by molar-refractivity contribution is 5.87. The standard InChI is InChI=1S/C13H24N4O3.ClH/c1-9-3-4-17(11(5-9)6-14)13(20)8-16-12(19)7-15-10(2)18;/h9,11H,3-8,14H2,1-2H3,(H,15,18)(H,16,19);1H. The second-order valence-corrected chi connectivity index (χ2v) is 5.29. The van der Waals surface area contributed by atoms with Gasteiger partial charge >= 0.3 is 0 Å². The van der Waals surface area contributed by atoms with Gasteiger partial charge in [-0.3, -0.25) is 14.4 Å². The van der Waals surface area contributed by atoms with Crippen molar-refractivity contribution in [2.24, 2.45) is 11.7 Å². The fourth-order valence-corrected chi connectivity index (χ4v) is 2.35. The number of hydrogen-bond donors (Lipinski definition) is 3. The maximum absolute atomic E-state index is 12.1. The number of nitrogens with zero attached hydrogens (tertiary/aromatic N) is 1. The number of piperidine rings is 1. The Morgan fingerprint density at radius 1 is 1.24 bits per heavy atom. The highest BCUT2D eigenvalue weighted by Crippen LogP contribution is 2.21. The summed E-state index contributed by atoms with van der Waals surface area (Å²) in [7, 11) is 0. The number of nitrogens with two attached hydrogens (primary N) is 1. The van der Waals surface area contributed by atoms with E-state index in [9.17, 15) is 14.4 Å². The number of nitrogens with one attached hydrogen (secondary N) is 2. The lowest BCUT2D eigenvalue weighted by Gasteiger charge is -2.38. The molecule has 0 radical (unpaired) electrons. The molecule has 1 saturated heterocycles. The Hall–Kier alpha value is -1.34. The van der Waals surface area contributed by atoms with Crippen molar-refractivity contribution in [3.05, 3.63) is 0 Å². The number of carbonyl (C=O) groups excluding carboxylic acids is 3. The molecule has 1 aliphatic heterocycles. The summed E-state index contributed by atoms with van der Waals surface area (Å²) in [5.41, 5.74) is 5.70. The van der Waals surface area contributed by atoms with Crippen LogP contribution in [-0.2, 0) is 14.4 Å². The predicted octanol–water partition coefficient (Wildman–Crippen LogP) is -0.754. The van der Waals surface area contributed by atoms with Crippen LogP contribution in [0.15, 0.2) is 0 Å². The van der Waals surface area contributed by atoms with Crippen LogP contribution in [0.2, 0.25) is 0 Å². The van der Waals surface area contributed by atoms with Crippen LogP contribution in [0.3, 0.4) is 0 Å². The molecule has 122 valence electrons. The van der Waals surface area contributed by atoms with Crippen LogP contribution in [0.25, 0.3) is 0 Å². The highest BCUT2D eigenvalue weighted by Gasteiger charge is 2.28. The molecule has 1 heterocycles. The number of carbonyl (C=O) groups is 3. The summed E-state index contributed by atoms with van der Waals surface area (Å²) in [4.78, 5) is 35.9. The van der Waals surface area contributed by atoms with E-state index in [0.29, 0.717) is 19.0 Å². The van der Waals surface area contributed by atoms with Crippen LogP contribution < -0.4 is 16.4 Å². The minimum atomic E-state index is -0.372. The minimum absolute atomic E-state index is 0. The smallest absolute Gasteiger partial charge is 0.242 e. The van der Waals surface area contributed by atoms with Gasteiger partial charge in [0.05, 0.1) is 13.1 Å². The van der Waals surface area contributed by atoms with E-state index < -0.39 is 0 Å². The van der Waals surface area contributed by atoms with Crippen molar-refractivity contribution < 1.29 is 14.4 Å². The Morgan fingerprint density at radius 2 is 1.90 bits per heavy atom. The van der Waals surface area contributed by atoms with Crippen LogP contribution in [0, 0.1) is 5.92 Å². The molecule has 1 fully saturated rings. The molecule has 4 N–H and O–H groups in total. The second-order valence-electron chi connectivity index (χ2n) is 5.29. The molecule has 0 aromatic heterocycles. The lowest BCUT2D eigenvalue weighted by molar-refractivity contribution is -0.136. The summed E-state index contributed by atoms with van der Waals surface area (Å²) in [5.74, 6) is -0.201. The third kappa shape index (κ3) is 6.77. The van der Waals surface area contributed by atoms with Crippen molar-refractivity contribution in [1.82, 2.24) is 15.5 Å². The van der Waals surface area contributed by atoms with Gasteiger partial charge in [-0.1, -0.05) is 6.92 Å². The van der Waals surface area contributed by atoms with Gasteiger partial charge in [0, 0.05) is 26.1 Å². The summed E-state index contributed by atoms with van der Waals surface area (Å²) in [6.45, 7) is 4.45. The summed E-state index contributed by atoms with van der Waals surface area (Å²) in [6, 6.07) is 0.0542. The normalized spacial score (nSPS) is 21.2. The van der Waals surface area contributed by atoms with Crippen LogP contribution in [0.5, 0.6) is 0 Å². The van der Waals surface area contributed by atoms with Gasteiger partial charge in [0.15, 0.2) is 0 Å². The molecule has 0 aliphatic carbocycles. The quantitative estimate of drug-likeness (QED) is 0.619. The number of rotatable bonds is 5. The second kappa shape index (κ2) is 9.57. The SMILES string of the molecule is CC(=O)NCC(=O)NCC(=O)N1CCC(C)CC1CN.Cl. The first-order chi connectivity index (χ1) is 9.43. The lowest BCUT2D eigenvalue weighted by atomic mass is 9.92. The third-order valence-electron chi connectivity index (χ3n) is 3.51. The molecule has 0 bridgehead atoms. The number of halogens is 1. The topological polar surface area (TPSA) is 105 Å². The molecule has 0 saturated carbocycles. The van der Waals surface area contributed by atoms with Crippen molar-refractivity contribution in [2.75, 3.05) is 26.2 Å². The Bertz CT molecular complexity index is 378. The molecular formula is C13H25ClN4O3. The third-order valence-corrected chi connectivity index (χ3v) is 3.51. The van der Waals surface area contributed by atoms with Gasteiger partial charge in [0.1, 0.15) is 0 Å². The average molecular weight is 321 g/mol. The zero-order valence-corrected chi connectivity index (χ0v) is 13.4. The van der Waals surface area contributed by atoms with E-state index in [1.54, 1.807) is 4.90 Å². The fraction of sp³-hybridized carbons (Fsp3) is 0.769. The van der Waals surface area contributed by atoms with Gasteiger partial charge in [-0.15, -0.1) is 12.4 Å². The first-order valence-electron chi connectivity index (χ1n) is 6.94. The van der Waals surface area contributed by atoms with Gasteiger partial charge in [-0.05, 0) is 18.8 Å². The van der Waals surface area contributed by atoms with Crippen molar-refractivity contribution in [1.29, 1.82) is 0 Å². The minimum Gasteiger partial charge on any atom is -0.347 e. The number of hydrogen-bond acceptors (Lipinski definition) is 4. The van der Waals surface area contributed by atoms with Crippen molar-refractivity contribution in [3.8, 4) is 0 Å². The molecule has 0 aromatic carbocycles. The van der Waals surface area contributed by atoms with Crippen LogP contribution in [-0.4, -0.2) is 54.8 Å². The van der Waals surface area contributed by atoms with E-state index >= 15 is 0 Å². The molecular weight excluding hydrogens is 296 g/mol. The van der Waals surface area contributed by atoms with Crippen molar-refractivity contribution >= 4 is 30.1 Å². The molecule has 1 rings (SSSR count). The number of likely N-dealkylation sites (tertiary alicyclic amines) is 1. The van der Waals surface area contributed by atoms with Gasteiger partial charge in [0.2, 0.25) is 17.7 Å². The van der Waals surface area contributed by atoms with Gasteiger partial charge in [0.25, 0.3) is 0 Å². The van der Waals surface area contributed by atoms with Gasteiger partial charge in [-0.25, -0.2) is 0 Å². The highest BCUT2D eigenvalue weighted by atomic mass is 35.5. The largest absolute Gasteiger partial charge is 0.347 e. The predicted molar refractivity (Wildman–Crippen MR) is 81.9 cm³/mol. The summed E-state index contributed by atoms with van der Waals surface area (Å²) >= 11 is 0. The number of amides is 3. The Labute approximate surface area is 131 Å². The average Bonchev–Trinajstić information content (AvgIpc) is 2.42. The molecule has 0 spiro atoms. The Balaban J connectivity index is 0.00000400. The lowest BCUT2D eigenvalue weighted by Crippen LogP contribution is -2.52.